The third kappa shape index (κ3) is 4.84. The Balaban J connectivity index is 1.49. The van der Waals surface area contributed by atoms with E-state index in [9.17, 15) is 13.2 Å². The molecule has 0 bridgehead atoms. The topological polar surface area (TPSA) is 78.5 Å². The summed E-state index contributed by atoms with van der Waals surface area (Å²) in [6.45, 7) is 6.60. The molecule has 0 saturated carbocycles. The number of rotatable bonds is 4. The van der Waals surface area contributed by atoms with Gasteiger partial charge in [-0.1, -0.05) is 29.8 Å². The van der Waals surface area contributed by atoms with Crippen LogP contribution in [-0.2, 0) is 23.0 Å². The van der Waals surface area contributed by atoms with Gasteiger partial charge < -0.3 is 10.6 Å². The van der Waals surface area contributed by atoms with Crippen molar-refractivity contribution in [1.82, 2.24) is 4.31 Å². The molecule has 1 heterocycles. The van der Waals surface area contributed by atoms with Crippen LogP contribution in [0.3, 0.4) is 0 Å². The zero-order valence-electron chi connectivity index (χ0n) is 18.5. The molecule has 0 fully saturated rings. The van der Waals surface area contributed by atoms with Crippen LogP contribution < -0.4 is 10.6 Å². The Labute approximate surface area is 189 Å². The second-order valence-corrected chi connectivity index (χ2v) is 10.3. The van der Waals surface area contributed by atoms with E-state index in [0.717, 1.165) is 33.5 Å². The zero-order valence-corrected chi connectivity index (χ0v) is 19.3. The maximum absolute atomic E-state index is 13.1. The van der Waals surface area contributed by atoms with E-state index in [1.165, 1.54) is 4.31 Å². The van der Waals surface area contributed by atoms with E-state index in [-0.39, 0.29) is 12.6 Å². The minimum Gasteiger partial charge on any atom is -0.308 e. The summed E-state index contributed by atoms with van der Waals surface area (Å²) in [6.07, 6.45) is 0.634. The Bertz CT molecular complexity index is 1250. The van der Waals surface area contributed by atoms with Gasteiger partial charge in [-0.2, -0.15) is 4.31 Å². The van der Waals surface area contributed by atoms with E-state index >= 15 is 0 Å². The molecule has 1 aliphatic heterocycles. The predicted molar refractivity (Wildman–Crippen MR) is 127 cm³/mol. The van der Waals surface area contributed by atoms with Crippen molar-refractivity contribution in [3.8, 4) is 0 Å². The van der Waals surface area contributed by atoms with E-state index in [2.05, 4.69) is 10.6 Å². The molecule has 0 atom stereocenters. The van der Waals surface area contributed by atoms with Gasteiger partial charge in [0.25, 0.3) is 0 Å². The molecule has 4 rings (SSSR count). The van der Waals surface area contributed by atoms with Crippen LogP contribution in [0, 0.1) is 20.8 Å². The third-order valence-corrected chi connectivity index (χ3v) is 7.44. The summed E-state index contributed by atoms with van der Waals surface area (Å²) in [5.74, 6) is 0. The molecule has 0 aromatic heterocycles. The summed E-state index contributed by atoms with van der Waals surface area (Å²) >= 11 is 0. The average molecular weight is 450 g/mol. The summed E-state index contributed by atoms with van der Waals surface area (Å²) in [5, 5.41) is 5.71. The van der Waals surface area contributed by atoms with Gasteiger partial charge in [0.05, 0.1) is 4.90 Å². The van der Waals surface area contributed by atoms with Crippen molar-refractivity contribution in [3.63, 3.8) is 0 Å². The normalized spacial score (nSPS) is 14.0. The SMILES string of the molecule is Cc1ccc(S(=O)(=O)N2CCc3ccc(NC(=O)Nc4cc(C)cc(C)c4)cc3C2)cc1. The average Bonchev–Trinajstić information content (AvgIpc) is 2.72. The predicted octanol–water partition coefficient (Wildman–Crippen LogP) is 5.00. The third-order valence-electron chi connectivity index (χ3n) is 5.58. The van der Waals surface area contributed by atoms with Crippen LogP contribution in [0.15, 0.2) is 65.6 Å². The number of fused-ring (bicyclic) bond motifs is 1. The Morgan fingerprint density at radius 1 is 0.781 bits per heavy atom. The first-order valence-electron chi connectivity index (χ1n) is 10.6. The summed E-state index contributed by atoms with van der Waals surface area (Å²) in [4.78, 5) is 12.8. The number of hydrogen-bond donors (Lipinski definition) is 2. The van der Waals surface area contributed by atoms with Crippen molar-refractivity contribution >= 4 is 27.4 Å². The molecule has 2 N–H and O–H groups in total. The number of aryl methyl sites for hydroxylation is 3. The van der Waals surface area contributed by atoms with Crippen LogP contribution in [0.1, 0.15) is 27.8 Å². The molecule has 32 heavy (non-hydrogen) atoms. The van der Waals surface area contributed by atoms with Crippen molar-refractivity contribution < 1.29 is 13.2 Å². The molecule has 3 aromatic rings. The van der Waals surface area contributed by atoms with E-state index in [1.54, 1.807) is 24.3 Å². The minimum absolute atomic E-state index is 0.278. The zero-order chi connectivity index (χ0) is 22.9. The fourth-order valence-electron chi connectivity index (χ4n) is 4.01. The lowest BCUT2D eigenvalue weighted by molar-refractivity contribution is 0.262. The van der Waals surface area contributed by atoms with Gasteiger partial charge >= 0.3 is 6.03 Å². The van der Waals surface area contributed by atoms with Crippen molar-refractivity contribution in [2.24, 2.45) is 0 Å². The largest absolute Gasteiger partial charge is 0.323 e. The summed E-state index contributed by atoms with van der Waals surface area (Å²) in [5.41, 5.74) is 6.51. The van der Waals surface area contributed by atoms with Crippen LogP contribution in [0.25, 0.3) is 0 Å². The van der Waals surface area contributed by atoms with Crippen LogP contribution in [0.2, 0.25) is 0 Å². The Morgan fingerprint density at radius 2 is 1.44 bits per heavy atom. The molecule has 7 heteroatoms. The molecule has 0 radical (unpaired) electrons. The number of carbonyl (C=O) groups is 1. The van der Waals surface area contributed by atoms with Crippen molar-refractivity contribution in [2.75, 3.05) is 17.2 Å². The number of urea groups is 1. The Morgan fingerprint density at radius 3 is 2.12 bits per heavy atom. The van der Waals surface area contributed by atoms with E-state index in [0.29, 0.717) is 23.5 Å². The van der Waals surface area contributed by atoms with Gasteiger partial charge in [0, 0.05) is 24.5 Å². The quantitative estimate of drug-likeness (QED) is 0.588. The highest BCUT2D eigenvalue weighted by molar-refractivity contribution is 7.89. The Kier molecular flexibility index (Phi) is 6.04. The molecule has 166 valence electrons. The van der Waals surface area contributed by atoms with Gasteiger partial charge in [-0.3, -0.25) is 0 Å². The summed E-state index contributed by atoms with van der Waals surface area (Å²) in [6, 6.07) is 18.1. The smallest absolute Gasteiger partial charge is 0.308 e. The van der Waals surface area contributed by atoms with Crippen LogP contribution in [0.4, 0.5) is 16.2 Å². The van der Waals surface area contributed by atoms with E-state index < -0.39 is 10.0 Å². The van der Waals surface area contributed by atoms with Gasteiger partial charge in [0.1, 0.15) is 0 Å². The second-order valence-electron chi connectivity index (χ2n) is 8.34. The molecule has 0 aliphatic carbocycles. The first kappa shape index (κ1) is 22.0. The fourth-order valence-corrected chi connectivity index (χ4v) is 5.43. The molecular formula is C25H27N3O3S. The molecule has 1 aliphatic rings. The highest BCUT2D eigenvalue weighted by atomic mass is 32.2. The number of carbonyl (C=O) groups excluding carboxylic acids is 1. The standard InChI is InChI=1S/C25H27N3O3S/c1-17-4-8-24(9-5-17)32(30,31)28-11-10-20-6-7-22(15-21(20)16-28)26-25(29)27-23-13-18(2)12-19(3)14-23/h4-9,12-15H,10-11,16H2,1-3H3,(H2,26,27,29). The van der Waals surface area contributed by atoms with Crippen molar-refractivity contribution in [1.29, 1.82) is 0 Å². The number of sulfonamides is 1. The first-order chi connectivity index (χ1) is 15.2. The van der Waals surface area contributed by atoms with Crippen molar-refractivity contribution in [2.45, 2.75) is 38.6 Å². The number of nitrogens with zero attached hydrogens (tertiary/aromatic N) is 1. The number of nitrogens with one attached hydrogen (secondary N) is 2. The highest BCUT2D eigenvalue weighted by Gasteiger charge is 2.28. The van der Waals surface area contributed by atoms with Gasteiger partial charge in [-0.15, -0.1) is 0 Å². The molecule has 0 unspecified atom stereocenters. The molecule has 6 nitrogen and oxygen atoms in total. The minimum atomic E-state index is -3.57. The summed E-state index contributed by atoms with van der Waals surface area (Å²) in [7, 11) is -3.57. The maximum atomic E-state index is 13.1. The lowest BCUT2D eigenvalue weighted by Crippen LogP contribution is -2.36. The molecule has 0 spiro atoms. The highest BCUT2D eigenvalue weighted by Crippen LogP contribution is 2.27. The van der Waals surface area contributed by atoms with Crippen LogP contribution in [-0.4, -0.2) is 25.3 Å². The number of benzene rings is 3. The monoisotopic (exact) mass is 449 g/mol. The van der Waals surface area contributed by atoms with Gasteiger partial charge in [0.15, 0.2) is 0 Å². The van der Waals surface area contributed by atoms with Gasteiger partial charge in [-0.25, -0.2) is 13.2 Å². The molecular weight excluding hydrogens is 422 g/mol. The van der Waals surface area contributed by atoms with Gasteiger partial charge in [0.2, 0.25) is 10.0 Å². The lowest BCUT2D eigenvalue weighted by atomic mass is 10.0. The van der Waals surface area contributed by atoms with E-state index in [4.69, 9.17) is 0 Å². The number of amides is 2. The van der Waals surface area contributed by atoms with Crippen molar-refractivity contribution in [3.05, 3.63) is 88.5 Å². The van der Waals surface area contributed by atoms with E-state index in [1.807, 2.05) is 57.2 Å². The van der Waals surface area contributed by atoms with Crippen LogP contribution in [0.5, 0.6) is 0 Å². The first-order valence-corrected chi connectivity index (χ1v) is 12.0. The molecule has 3 aromatic carbocycles. The second kappa shape index (κ2) is 8.76. The van der Waals surface area contributed by atoms with Gasteiger partial charge in [-0.05, 0) is 85.8 Å². The maximum Gasteiger partial charge on any atom is 0.323 e. The molecule has 0 saturated heterocycles. The number of anilines is 2. The Hall–Kier alpha value is -3.16. The number of hydrogen-bond acceptors (Lipinski definition) is 3. The molecule has 2 amide bonds. The summed E-state index contributed by atoms with van der Waals surface area (Å²) < 4.78 is 27.7. The van der Waals surface area contributed by atoms with Crippen LogP contribution >= 0.6 is 0 Å². The lowest BCUT2D eigenvalue weighted by Gasteiger charge is -2.28. The fraction of sp³-hybridized carbons (Fsp3) is 0.240.